The van der Waals surface area contributed by atoms with Gasteiger partial charge in [0.15, 0.2) is 0 Å². The number of ether oxygens (including phenoxy) is 1. The third kappa shape index (κ3) is 3.70. The molecule has 0 amide bonds. The van der Waals surface area contributed by atoms with Crippen molar-refractivity contribution in [2.45, 2.75) is 62.2 Å². The lowest BCUT2D eigenvalue weighted by Gasteiger charge is -2.50. The van der Waals surface area contributed by atoms with E-state index in [2.05, 4.69) is 21.5 Å². The number of nitrogens with one attached hydrogen (secondary N) is 4. The maximum Gasteiger partial charge on any atom is 0.0751 e. The first-order chi connectivity index (χ1) is 11.3. The van der Waals surface area contributed by atoms with Crippen LogP contribution in [-0.4, -0.2) is 49.9 Å². The summed E-state index contributed by atoms with van der Waals surface area (Å²) in [6.07, 6.45) is 7.68. The molecule has 4 rings (SSSR count). The molecular formula is C17H31ClN4O. The van der Waals surface area contributed by atoms with Crippen molar-refractivity contribution in [1.29, 1.82) is 0 Å². The molecule has 4 fully saturated rings. The summed E-state index contributed by atoms with van der Waals surface area (Å²) in [4.78, 5) is 0. The van der Waals surface area contributed by atoms with Crippen LogP contribution in [0.5, 0.6) is 0 Å². The molecule has 3 heterocycles. The second-order valence-corrected chi connectivity index (χ2v) is 8.47. The highest BCUT2D eigenvalue weighted by molar-refractivity contribution is 6.20. The molecule has 0 bridgehead atoms. The van der Waals surface area contributed by atoms with Crippen LogP contribution in [0.4, 0.5) is 0 Å². The fraction of sp³-hybridized carbons (Fsp3) is 1.00. The zero-order valence-corrected chi connectivity index (χ0v) is 14.7. The van der Waals surface area contributed by atoms with E-state index in [1.807, 2.05) is 0 Å². The predicted molar refractivity (Wildman–Crippen MR) is 92.3 cm³/mol. The van der Waals surface area contributed by atoms with Gasteiger partial charge in [-0.1, -0.05) is 0 Å². The van der Waals surface area contributed by atoms with Gasteiger partial charge in [0.1, 0.15) is 0 Å². The van der Waals surface area contributed by atoms with Crippen molar-refractivity contribution in [3.05, 3.63) is 0 Å². The average molecular weight is 343 g/mol. The summed E-state index contributed by atoms with van der Waals surface area (Å²) >= 11 is 6.31. The molecule has 4 N–H and O–H groups in total. The van der Waals surface area contributed by atoms with Crippen molar-refractivity contribution in [1.82, 2.24) is 21.5 Å². The van der Waals surface area contributed by atoms with Gasteiger partial charge in [-0.2, -0.15) is 0 Å². The molecule has 1 aliphatic carbocycles. The van der Waals surface area contributed by atoms with Crippen LogP contribution in [0.3, 0.4) is 0 Å². The van der Waals surface area contributed by atoms with Crippen LogP contribution >= 0.6 is 11.6 Å². The van der Waals surface area contributed by atoms with E-state index in [1.54, 1.807) is 0 Å². The molecule has 3 saturated heterocycles. The van der Waals surface area contributed by atoms with Gasteiger partial charge in [-0.3, -0.25) is 10.7 Å². The predicted octanol–water partition coefficient (Wildman–Crippen LogP) is 1.19. The van der Waals surface area contributed by atoms with Crippen LogP contribution in [0, 0.1) is 17.8 Å². The summed E-state index contributed by atoms with van der Waals surface area (Å²) in [6.45, 7) is 4.02. The fourth-order valence-corrected chi connectivity index (χ4v) is 5.36. The minimum absolute atomic E-state index is 0.347. The van der Waals surface area contributed by atoms with E-state index in [1.165, 1.54) is 32.1 Å². The first kappa shape index (κ1) is 16.6. The van der Waals surface area contributed by atoms with Crippen molar-refractivity contribution >= 4 is 11.6 Å². The molecule has 0 aromatic heterocycles. The first-order valence-electron chi connectivity index (χ1n) is 9.51. The maximum atomic E-state index is 6.31. The summed E-state index contributed by atoms with van der Waals surface area (Å²) in [5, 5.41) is 7.80. The first-order valence-corrected chi connectivity index (χ1v) is 9.94. The minimum atomic E-state index is 0.347. The number of hydrazine groups is 1. The third-order valence-corrected chi connectivity index (χ3v) is 6.87. The summed E-state index contributed by atoms with van der Waals surface area (Å²) < 4.78 is 5.52. The van der Waals surface area contributed by atoms with Gasteiger partial charge in [-0.25, -0.2) is 5.43 Å². The van der Waals surface area contributed by atoms with Gasteiger partial charge >= 0.3 is 0 Å². The summed E-state index contributed by atoms with van der Waals surface area (Å²) in [6, 6.07) is 1.10. The molecule has 0 aromatic rings. The average Bonchev–Trinajstić information content (AvgIpc) is 3.09. The number of hydrogen-bond acceptors (Lipinski definition) is 5. The molecule has 5 nitrogen and oxygen atoms in total. The summed E-state index contributed by atoms with van der Waals surface area (Å²) in [7, 11) is 0. The molecule has 23 heavy (non-hydrogen) atoms. The molecule has 1 saturated carbocycles. The molecule has 3 aliphatic heterocycles. The number of alkyl halides is 1. The molecule has 5 atom stereocenters. The largest absolute Gasteiger partial charge is 0.380 e. The minimum Gasteiger partial charge on any atom is -0.380 e. The van der Waals surface area contributed by atoms with E-state index in [0.717, 1.165) is 44.6 Å². The fourth-order valence-electron chi connectivity index (χ4n) is 5.10. The Morgan fingerprint density at radius 3 is 2.61 bits per heavy atom. The van der Waals surface area contributed by atoms with Crippen molar-refractivity contribution < 1.29 is 4.74 Å². The van der Waals surface area contributed by atoms with Crippen molar-refractivity contribution in [2.24, 2.45) is 17.8 Å². The summed E-state index contributed by atoms with van der Waals surface area (Å²) in [5.74, 6) is 2.19. The van der Waals surface area contributed by atoms with Gasteiger partial charge in [0, 0.05) is 36.5 Å². The van der Waals surface area contributed by atoms with E-state index in [9.17, 15) is 0 Å². The Balaban J connectivity index is 1.41. The molecular weight excluding hydrogens is 312 g/mol. The second kappa shape index (κ2) is 7.54. The van der Waals surface area contributed by atoms with Crippen molar-refractivity contribution in [3.63, 3.8) is 0 Å². The van der Waals surface area contributed by atoms with Crippen LogP contribution in [0.25, 0.3) is 0 Å². The zero-order valence-electron chi connectivity index (χ0n) is 13.9. The van der Waals surface area contributed by atoms with Gasteiger partial charge in [-0.15, -0.1) is 11.6 Å². The zero-order chi connectivity index (χ0) is 15.6. The van der Waals surface area contributed by atoms with Gasteiger partial charge in [-0.05, 0) is 56.9 Å². The van der Waals surface area contributed by atoms with Crippen LogP contribution in [0.1, 0.15) is 38.5 Å². The lowest BCUT2D eigenvalue weighted by Crippen LogP contribution is -2.70. The Morgan fingerprint density at radius 2 is 1.83 bits per heavy atom. The van der Waals surface area contributed by atoms with Gasteiger partial charge < -0.3 is 10.1 Å². The third-order valence-electron chi connectivity index (χ3n) is 6.43. The number of fused-ring (bicyclic) bond motifs is 1. The molecule has 0 aromatic carbocycles. The van der Waals surface area contributed by atoms with Crippen LogP contribution < -0.4 is 21.5 Å². The topological polar surface area (TPSA) is 57.3 Å². The van der Waals surface area contributed by atoms with Crippen molar-refractivity contribution in [3.8, 4) is 0 Å². The lowest BCUT2D eigenvalue weighted by atomic mass is 9.70. The number of hydrogen-bond donors (Lipinski definition) is 4. The van der Waals surface area contributed by atoms with Gasteiger partial charge in [0.25, 0.3) is 0 Å². The van der Waals surface area contributed by atoms with E-state index < -0.39 is 0 Å². The Hall–Kier alpha value is 0.0900. The standard InChI is InChI=1S/C17H31ClN4O/c18-12-3-1-11(2-4-12)16-14-5-7-19-9-15(14)17(22-21-16)20-13-6-8-23-10-13/h11-17,19-22H,1-10H2/t11?,12?,13-,14?,15?,16?,17?/m0/s1. The Labute approximate surface area is 144 Å². The van der Waals surface area contributed by atoms with E-state index in [-0.39, 0.29) is 0 Å². The molecule has 4 aliphatic rings. The number of rotatable bonds is 3. The SMILES string of the molecule is ClC1CCC(C2NNC(N[C@H]3CCOC3)C3CNCCC32)CC1. The Morgan fingerprint density at radius 1 is 0.957 bits per heavy atom. The molecule has 4 unspecified atom stereocenters. The van der Waals surface area contributed by atoms with Crippen LogP contribution in [0.15, 0.2) is 0 Å². The highest BCUT2D eigenvalue weighted by Gasteiger charge is 2.44. The van der Waals surface area contributed by atoms with Gasteiger partial charge in [0.05, 0.1) is 12.8 Å². The van der Waals surface area contributed by atoms with E-state index >= 15 is 0 Å². The Kier molecular flexibility index (Phi) is 5.43. The van der Waals surface area contributed by atoms with E-state index in [0.29, 0.717) is 29.5 Å². The monoisotopic (exact) mass is 342 g/mol. The number of piperidine rings is 1. The highest BCUT2D eigenvalue weighted by atomic mass is 35.5. The van der Waals surface area contributed by atoms with Gasteiger partial charge in [0.2, 0.25) is 0 Å². The smallest absolute Gasteiger partial charge is 0.0751 e. The normalized spacial score (nSPS) is 48.1. The van der Waals surface area contributed by atoms with E-state index in [4.69, 9.17) is 16.3 Å². The quantitative estimate of drug-likeness (QED) is 0.581. The molecule has 6 heteroatoms. The maximum absolute atomic E-state index is 6.31. The second-order valence-electron chi connectivity index (χ2n) is 7.85. The number of halogens is 1. The highest BCUT2D eigenvalue weighted by Crippen LogP contribution is 2.38. The molecule has 132 valence electrons. The Bertz CT molecular complexity index is 385. The molecule has 0 spiro atoms. The van der Waals surface area contributed by atoms with Crippen LogP contribution in [0.2, 0.25) is 0 Å². The molecule has 0 radical (unpaired) electrons. The lowest BCUT2D eigenvalue weighted by molar-refractivity contribution is 0.0278. The van der Waals surface area contributed by atoms with Crippen LogP contribution in [-0.2, 0) is 4.74 Å². The van der Waals surface area contributed by atoms with Crippen molar-refractivity contribution in [2.75, 3.05) is 26.3 Å². The summed E-state index contributed by atoms with van der Waals surface area (Å²) in [5.41, 5.74) is 7.32.